The Morgan fingerprint density at radius 2 is 1.86 bits per heavy atom. The molecule has 0 saturated heterocycles. The van der Waals surface area contributed by atoms with E-state index in [1.54, 1.807) is 24.3 Å². The minimum atomic E-state index is -0.918. The van der Waals surface area contributed by atoms with Crippen molar-refractivity contribution in [3.63, 3.8) is 0 Å². The lowest BCUT2D eigenvalue weighted by Crippen LogP contribution is -2.57. The number of aliphatic carboxylic acids is 1. The topological polar surface area (TPSA) is 69.6 Å². The number of hydrogen-bond donors (Lipinski definition) is 3. The van der Waals surface area contributed by atoms with E-state index in [1.165, 1.54) is 19.3 Å². The van der Waals surface area contributed by atoms with Crippen LogP contribution in [0.15, 0.2) is 24.3 Å². The molecule has 116 valence electrons. The predicted molar refractivity (Wildman–Crippen MR) is 82.5 cm³/mol. The molecule has 4 heteroatoms. The van der Waals surface area contributed by atoms with Crippen molar-refractivity contribution in [3.8, 4) is 5.75 Å². The van der Waals surface area contributed by atoms with Crippen LogP contribution in [-0.2, 0) is 11.2 Å². The van der Waals surface area contributed by atoms with E-state index in [1.807, 2.05) is 6.92 Å². The first-order valence-electron chi connectivity index (χ1n) is 7.85. The summed E-state index contributed by atoms with van der Waals surface area (Å²) in [5.41, 5.74) is 0.0132. The molecule has 0 bridgehead atoms. The number of benzene rings is 1. The Labute approximate surface area is 126 Å². The fraction of sp³-hybridized carbons (Fsp3) is 0.588. The van der Waals surface area contributed by atoms with Crippen molar-refractivity contribution >= 4 is 5.97 Å². The molecule has 1 aromatic rings. The van der Waals surface area contributed by atoms with Gasteiger partial charge in [-0.1, -0.05) is 38.3 Å². The van der Waals surface area contributed by atoms with Gasteiger partial charge in [0, 0.05) is 12.5 Å². The van der Waals surface area contributed by atoms with Crippen molar-refractivity contribution in [2.45, 2.75) is 63.5 Å². The maximum absolute atomic E-state index is 11.9. The Balaban J connectivity index is 2.15. The number of phenols is 1. The molecule has 3 N–H and O–H groups in total. The summed E-state index contributed by atoms with van der Waals surface area (Å²) in [7, 11) is 0. The number of carbonyl (C=O) groups is 1. The number of carboxylic acids is 1. The SMILES string of the molecule is CCC(Cc1ccc(O)cc1)(NC1CCCCC1)C(=O)O. The lowest BCUT2D eigenvalue weighted by atomic mass is 9.85. The van der Waals surface area contributed by atoms with Crippen LogP contribution in [0, 0.1) is 0 Å². The second-order valence-electron chi connectivity index (χ2n) is 6.06. The van der Waals surface area contributed by atoms with Gasteiger partial charge >= 0.3 is 5.97 Å². The maximum Gasteiger partial charge on any atom is 0.324 e. The van der Waals surface area contributed by atoms with Gasteiger partial charge in [-0.2, -0.15) is 0 Å². The summed E-state index contributed by atoms with van der Waals surface area (Å²) in [5.74, 6) is -0.583. The van der Waals surface area contributed by atoms with Gasteiger partial charge < -0.3 is 10.2 Å². The molecular weight excluding hydrogens is 266 g/mol. The standard InChI is InChI=1S/C17H25NO3/c1-2-17(16(20)21,18-14-6-4-3-5-7-14)12-13-8-10-15(19)11-9-13/h8-11,14,18-19H,2-7,12H2,1H3,(H,20,21). The zero-order valence-corrected chi connectivity index (χ0v) is 12.6. The third-order valence-electron chi connectivity index (χ3n) is 4.54. The summed E-state index contributed by atoms with van der Waals surface area (Å²) in [6.45, 7) is 1.92. The number of rotatable bonds is 6. The van der Waals surface area contributed by atoms with E-state index in [9.17, 15) is 15.0 Å². The third kappa shape index (κ3) is 3.97. The molecule has 0 spiro atoms. The van der Waals surface area contributed by atoms with Crippen LogP contribution in [0.2, 0.25) is 0 Å². The average Bonchev–Trinajstić information content (AvgIpc) is 2.49. The number of carboxylic acid groups (broad SMARTS) is 1. The van der Waals surface area contributed by atoms with E-state index >= 15 is 0 Å². The van der Waals surface area contributed by atoms with E-state index in [4.69, 9.17) is 0 Å². The molecule has 1 aromatic carbocycles. The van der Waals surface area contributed by atoms with Crippen molar-refractivity contribution in [3.05, 3.63) is 29.8 Å². The highest BCUT2D eigenvalue weighted by molar-refractivity contribution is 5.79. The van der Waals surface area contributed by atoms with Crippen molar-refractivity contribution in [1.29, 1.82) is 0 Å². The second kappa shape index (κ2) is 6.94. The summed E-state index contributed by atoms with van der Waals surface area (Å²) >= 11 is 0. The second-order valence-corrected chi connectivity index (χ2v) is 6.06. The van der Waals surface area contributed by atoms with E-state index < -0.39 is 11.5 Å². The van der Waals surface area contributed by atoms with Crippen LogP contribution in [0.4, 0.5) is 0 Å². The van der Waals surface area contributed by atoms with Crippen molar-refractivity contribution in [2.75, 3.05) is 0 Å². The Morgan fingerprint density at radius 3 is 2.38 bits per heavy atom. The van der Waals surface area contributed by atoms with E-state index in [-0.39, 0.29) is 5.75 Å². The predicted octanol–water partition coefficient (Wildman–Crippen LogP) is 3.09. The average molecular weight is 291 g/mol. The third-order valence-corrected chi connectivity index (χ3v) is 4.54. The molecule has 1 fully saturated rings. The molecule has 1 saturated carbocycles. The smallest absolute Gasteiger partial charge is 0.324 e. The van der Waals surface area contributed by atoms with Gasteiger partial charge in [0.2, 0.25) is 0 Å². The highest BCUT2D eigenvalue weighted by Crippen LogP contribution is 2.25. The van der Waals surface area contributed by atoms with Crippen LogP contribution in [0.25, 0.3) is 0 Å². The highest BCUT2D eigenvalue weighted by atomic mass is 16.4. The fourth-order valence-corrected chi connectivity index (χ4v) is 3.17. The van der Waals surface area contributed by atoms with Crippen LogP contribution in [0.5, 0.6) is 5.75 Å². The molecule has 1 aliphatic rings. The minimum Gasteiger partial charge on any atom is -0.508 e. The number of nitrogens with one attached hydrogen (secondary N) is 1. The van der Waals surface area contributed by atoms with E-state index in [0.717, 1.165) is 18.4 Å². The van der Waals surface area contributed by atoms with Gasteiger partial charge in [0.05, 0.1) is 0 Å². The van der Waals surface area contributed by atoms with E-state index in [0.29, 0.717) is 18.9 Å². The normalized spacial score (nSPS) is 19.1. The molecule has 0 aromatic heterocycles. The highest BCUT2D eigenvalue weighted by Gasteiger charge is 2.38. The molecular formula is C17H25NO3. The van der Waals surface area contributed by atoms with Gasteiger partial charge in [-0.15, -0.1) is 0 Å². The van der Waals surface area contributed by atoms with Gasteiger partial charge in [0.1, 0.15) is 11.3 Å². The first kappa shape index (κ1) is 15.8. The van der Waals surface area contributed by atoms with Gasteiger partial charge in [-0.3, -0.25) is 10.1 Å². The first-order valence-corrected chi connectivity index (χ1v) is 7.85. The van der Waals surface area contributed by atoms with Crippen molar-refractivity contribution in [2.24, 2.45) is 0 Å². The molecule has 0 aliphatic heterocycles. The lowest BCUT2D eigenvalue weighted by Gasteiger charge is -2.36. The zero-order chi connectivity index (χ0) is 15.3. The molecule has 2 rings (SSSR count). The zero-order valence-electron chi connectivity index (χ0n) is 12.6. The number of hydrogen-bond acceptors (Lipinski definition) is 3. The summed E-state index contributed by atoms with van der Waals surface area (Å²) in [4.78, 5) is 11.9. The minimum absolute atomic E-state index is 0.205. The Kier molecular flexibility index (Phi) is 5.23. The molecule has 21 heavy (non-hydrogen) atoms. The number of aromatic hydroxyl groups is 1. The molecule has 0 radical (unpaired) electrons. The Hall–Kier alpha value is -1.55. The lowest BCUT2D eigenvalue weighted by molar-refractivity contribution is -0.145. The molecule has 4 nitrogen and oxygen atoms in total. The first-order chi connectivity index (χ1) is 10.1. The summed E-state index contributed by atoms with van der Waals surface area (Å²) in [6, 6.07) is 7.11. The molecule has 0 heterocycles. The van der Waals surface area contributed by atoms with E-state index in [2.05, 4.69) is 5.32 Å². The number of phenolic OH excluding ortho intramolecular Hbond substituents is 1. The summed E-state index contributed by atoms with van der Waals surface area (Å²) in [5, 5.41) is 22.5. The maximum atomic E-state index is 11.9. The molecule has 0 amide bonds. The van der Waals surface area contributed by atoms with Crippen molar-refractivity contribution < 1.29 is 15.0 Å². The fourth-order valence-electron chi connectivity index (χ4n) is 3.17. The van der Waals surface area contributed by atoms with Crippen LogP contribution >= 0.6 is 0 Å². The van der Waals surface area contributed by atoms with Gasteiger partial charge in [-0.25, -0.2) is 0 Å². The van der Waals surface area contributed by atoms with Gasteiger partial charge in [0.25, 0.3) is 0 Å². The molecule has 1 atom stereocenters. The Bertz CT molecular complexity index is 465. The molecule has 1 unspecified atom stereocenters. The van der Waals surface area contributed by atoms with Crippen LogP contribution in [0.1, 0.15) is 51.0 Å². The summed E-state index contributed by atoms with van der Waals surface area (Å²) < 4.78 is 0. The van der Waals surface area contributed by atoms with Crippen LogP contribution in [-0.4, -0.2) is 27.8 Å². The largest absolute Gasteiger partial charge is 0.508 e. The van der Waals surface area contributed by atoms with Crippen molar-refractivity contribution in [1.82, 2.24) is 5.32 Å². The summed E-state index contributed by atoms with van der Waals surface area (Å²) in [6.07, 6.45) is 6.71. The monoisotopic (exact) mass is 291 g/mol. The quantitative estimate of drug-likeness (QED) is 0.753. The van der Waals surface area contributed by atoms with Gasteiger partial charge in [0.15, 0.2) is 0 Å². The Morgan fingerprint density at radius 1 is 1.24 bits per heavy atom. The van der Waals surface area contributed by atoms with Crippen LogP contribution < -0.4 is 5.32 Å². The van der Waals surface area contributed by atoms with Gasteiger partial charge in [-0.05, 0) is 37.0 Å². The van der Waals surface area contributed by atoms with Crippen LogP contribution in [0.3, 0.4) is 0 Å². The molecule has 1 aliphatic carbocycles.